The van der Waals surface area contributed by atoms with Crippen LogP contribution in [-0.4, -0.2) is 33.4 Å². The van der Waals surface area contributed by atoms with Crippen molar-refractivity contribution in [2.75, 3.05) is 13.1 Å². The second-order valence-electron chi connectivity index (χ2n) is 8.64. The molecule has 0 spiro atoms. The van der Waals surface area contributed by atoms with Gasteiger partial charge in [0.25, 0.3) is 11.5 Å². The van der Waals surface area contributed by atoms with Crippen LogP contribution in [0, 0.1) is 23.2 Å². The fourth-order valence-electron chi connectivity index (χ4n) is 4.85. The smallest absolute Gasteiger partial charge is 0.255 e. The third-order valence-corrected chi connectivity index (χ3v) is 6.25. The number of nitriles is 1. The van der Waals surface area contributed by atoms with Gasteiger partial charge in [-0.05, 0) is 49.3 Å². The molecule has 1 saturated heterocycles. The minimum atomic E-state index is -0.0500. The third-order valence-electron chi connectivity index (χ3n) is 6.25. The van der Waals surface area contributed by atoms with Gasteiger partial charge in [0.2, 0.25) is 0 Å². The van der Waals surface area contributed by atoms with Crippen molar-refractivity contribution in [1.29, 1.82) is 5.26 Å². The van der Waals surface area contributed by atoms with Crippen LogP contribution < -0.4 is 5.56 Å². The molecule has 29 heavy (non-hydrogen) atoms. The van der Waals surface area contributed by atoms with E-state index < -0.39 is 0 Å². The lowest BCUT2D eigenvalue weighted by Crippen LogP contribution is -2.51. The monoisotopic (exact) mass is 390 g/mol. The molecule has 1 fully saturated rings. The number of carbonyl (C=O) groups is 1. The summed E-state index contributed by atoms with van der Waals surface area (Å²) in [5, 5.41) is 8.92. The van der Waals surface area contributed by atoms with Crippen LogP contribution in [0.3, 0.4) is 0 Å². The summed E-state index contributed by atoms with van der Waals surface area (Å²) in [6.45, 7) is 5.67. The molecule has 0 saturated carbocycles. The van der Waals surface area contributed by atoms with Gasteiger partial charge < -0.3 is 9.47 Å². The molecule has 2 aromatic rings. The van der Waals surface area contributed by atoms with Gasteiger partial charge in [0.05, 0.1) is 5.56 Å². The van der Waals surface area contributed by atoms with E-state index in [1.165, 1.54) is 6.20 Å². The van der Waals surface area contributed by atoms with Crippen LogP contribution in [0.5, 0.6) is 0 Å². The molecule has 4 rings (SSSR count). The summed E-state index contributed by atoms with van der Waals surface area (Å²) in [5.41, 5.74) is 1.94. The molecule has 0 aliphatic carbocycles. The highest BCUT2D eigenvalue weighted by Crippen LogP contribution is 2.43. The van der Waals surface area contributed by atoms with Crippen LogP contribution in [0.15, 0.2) is 41.3 Å². The Hall–Kier alpha value is -2.94. The molecule has 1 amide bonds. The molecule has 0 unspecified atom stereocenters. The van der Waals surface area contributed by atoms with Gasteiger partial charge in [0, 0.05) is 43.0 Å². The highest BCUT2D eigenvalue weighted by molar-refractivity contribution is 5.94. The van der Waals surface area contributed by atoms with Crippen molar-refractivity contribution < 1.29 is 4.79 Å². The predicted molar refractivity (Wildman–Crippen MR) is 110 cm³/mol. The van der Waals surface area contributed by atoms with Gasteiger partial charge in [0.15, 0.2) is 0 Å². The van der Waals surface area contributed by atoms with Crippen molar-refractivity contribution in [2.45, 2.75) is 45.1 Å². The largest absolute Gasteiger partial charge is 0.338 e. The SMILES string of the molecule is CC(C)CC[C@H]1[C@H]2C[C@H](CN(C(=O)c3ccc(C#N)nc3)C2)c2cccc(=O)n21. The first-order chi connectivity index (χ1) is 14.0. The normalized spacial score (nSPS) is 22.8. The zero-order chi connectivity index (χ0) is 20.5. The van der Waals surface area contributed by atoms with E-state index in [0.717, 1.165) is 25.0 Å². The summed E-state index contributed by atoms with van der Waals surface area (Å²) < 4.78 is 2.01. The zero-order valence-corrected chi connectivity index (χ0v) is 16.9. The highest BCUT2D eigenvalue weighted by Gasteiger charge is 2.41. The predicted octanol–water partition coefficient (Wildman–Crippen LogP) is 3.35. The van der Waals surface area contributed by atoms with Gasteiger partial charge in [-0.25, -0.2) is 4.98 Å². The summed E-state index contributed by atoms with van der Waals surface area (Å²) in [6, 6.07) is 10.9. The van der Waals surface area contributed by atoms with Crippen LogP contribution in [0.4, 0.5) is 0 Å². The molecule has 150 valence electrons. The fraction of sp³-hybridized carbons (Fsp3) is 0.478. The molecule has 6 nitrogen and oxygen atoms in total. The van der Waals surface area contributed by atoms with Crippen molar-refractivity contribution in [2.24, 2.45) is 11.8 Å². The van der Waals surface area contributed by atoms with E-state index in [-0.39, 0.29) is 29.3 Å². The standard InChI is InChI=1S/C23H26N4O2/c1-15(2)6-9-21-18-10-17(20-4-3-5-22(28)27(20)21)13-26(14-18)23(29)16-7-8-19(11-24)25-12-16/h3-5,7-8,12,15,17-18,21H,6,9-10,13-14H2,1-2H3/t17-,18+,21+/m1/s1. The number of likely N-dealkylation sites (tertiary alicyclic amines) is 1. The molecule has 0 aromatic carbocycles. The lowest BCUT2D eigenvalue weighted by atomic mass is 9.76. The van der Waals surface area contributed by atoms with E-state index >= 15 is 0 Å². The van der Waals surface area contributed by atoms with E-state index in [2.05, 4.69) is 18.8 Å². The lowest BCUT2D eigenvalue weighted by molar-refractivity contribution is 0.0513. The highest BCUT2D eigenvalue weighted by atomic mass is 16.2. The molecule has 2 bridgehead atoms. The van der Waals surface area contributed by atoms with Crippen molar-refractivity contribution >= 4 is 5.91 Å². The number of rotatable bonds is 4. The third kappa shape index (κ3) is 3.69. The Morgan fingerprint density at radius 2 is 2.10 bits per heavy atom. The Morgan fingerprint density at radius 3 is 2.79 bits per heavy atom. The molecule has 0 radical (unpaired) electrons. The molecular weight excluding hydrogens is 364 g/mol. The van der Waals surface area contributed by atoms with E-state index in [0.29, 0.717) is 30.3 Å². The maximum Gasteiger partial charge on any atom is 0.255 e. The molecule has 2 aliphatic heterocycles. The van der Waals surface area contributed by atoms with Crippen molar-refractivity contribution in [3.05, 3.63) is 63.8 Å². The number of pyridine rings is 2. The minimum absolute atomic E-state index is 0.0500. The van der Waals surface area contributed by atoms with Crippen LogP contribution in [-0.2, 0) is 0 Å². The summed E-state index contributed by atoms with van der Waals surface area (Å²) >= 11 is 0. The first-order valence-electron chi connectivity index (χ1n) is 10.3. The Morgan fingerprint density at radius 1 is 1.28 bits per heavy atom. The number of carbonyl (C=O) groups excluding carboxylic acids is 1. The summed E-state index contributed by atoms with van der Waals surface area (Å²) in [5.74, 6) is 0.969. The number of aromatic nitrogens is 2. The first-order valence-corrected chi connectivity index (χ1v) is 10.3. The number of fused-ring (bicyclic) bond motifs is 4. The average molecular weight is 390 g/mol. The van der Waals surface area contributed by atoms with Gasteiger partial charge in [-0.2, -0.15) is 5.26 Å². The second kappa shape index (κ2) is 7.82. The first kappa shape index (κ1) is 19.4. The summed E-state index contributed by atoms with van der Waals surface area (Å²) in [6.07, 6.45) is 4.51. The molecule has 4 heterocycles. The van der Waals surface area contributed by atoms with Gasteiger partial charge >= 0.3 is 0 Å². The Labute approximate surface area is 170 Å². The van der Waals surface area contributed by atoms with E-state index in [4.69, 9.17) is 5.26 Å². The van der Waals surface area contributed by atoms with Crippen LogP contribution in [0.1, 0.15) is 66.8 Å². The molecule has 2 aliphatic rings. The number of amides is 1. The Bertz CT molecular complexity index is 1000. The van der Waals surface area contributed by atoms with Crippen molar-refractivity contribution in [3.8, 4) is 6.07 Å². The van der Waals surface area contributed by atoms with E-state index in [9.17, 15) is 9.59 Å². The van der Waals surface area contributed by atoms with E-state index in [1.807, 2.05) is 27.7 Å². The fourth-order valence-corrected chi connectivity index (χ4v) is 4.85. The molecular formula is C23H26N4O2. The molecule has 2 aromatic heterocycles. The summed E-state index contributed by atoms with van der Waals surface area (Å²) in [4.78, 5) is 31.8. The molecule has 0 N–H and O–H groups in total. The lowest BCUT2D eigenvalue weighted by Gasteiger charge is -2.47. The maximum absolute atomic E-state index is 13.1. The van der Waals surface area contributed by atoms with Crippen LogP contribution >= 0.6 is 0 Å². The summed E-state index contributed by atoms with van der Waals surface area (Å²) in [7, 11) is 0. The second-order valence-corrected chi connectivity index (χ2v) is 8.64. The topological polar surface area (TPSA) is 79.0 Å². The van der Waals surface area contributed by atoms with Gasteiger partial charge in [0.1, 0.15) is 11.8 Å². The average Bonchev–Trinajstić information content (AvgIpc) is 2.73. The van der Waals surface area contributed by atoms with Crippen LogP contribution in [0.25, 0.3) is 0 Å². The number of hydrogen-bond acceptors (Lipinski definition) is 4. The van der Waals surface area contributed by atoms with Gasteiger partial charge in [-0.3, -0.25) is 9.59 Å². The van der Waals surface area contributed by atoms with Crippen LogP contribution in [0.2, 0.25) is 0 Å². The maximum atomic E-state index is 13.1. The van der Waals surface area contributed by atoms with E-state index in [1.54, 1.807) is 18.2 Å². The van der Waals surface area contributed by atoms with Crippen molar-refractivity contribution in [1.82, 2.24) is 14.5 Å². The Kier molecular flexibility index (Phi) is 5.23. The Balaban J connectivity index is 1.64. The number of piperidine rings is 1. The number of hydrogen-bond donors (Lipinski definition) is 0. The minimum Gasteiger partial charge on any atom is -0.338 e. The van der Waals surface area contributed by atoms with Crippen molar-refractivity contribution in [3.63, 3.8) is 0 Å². The zero-order valence-electron chi connectivity index (χ0n) is 16.9. The molecule has 6 heteroatoms. The quantitative estimate of drug-likeness (QED) is 0.802. The van der Waals surface area contributed by atoms with Gasteiger partial charge in [-0.1, -0.05) is 19.9 Å². The van der Waals surface area contributed by atoms with Gasteiger partial charge in [-0.15, -0.1) is 0 Å². The number of nitrogens with zero attached hydrogens (tertiary/aromatic N) is 4. The molecule has 3 atom stereocenters.